The van der Waals surface area contributed by atoms with Crippen LogP contribution in [-0.2, 0) is 16.1 Å². The molecule has 0 bridgehead atoms. The molecule has 0 aliphatic carbocycles. The van der Waals surface area contributed by atoms with Crippen LogP contribution in [0.15, 0.2) is 54.6 Å². The first-order chi connectivity index (χ1) is 11.3. The molecule has 1 unspecified atom stereocenters. The van der Waals surface area contributed by atoms with Crippen molar-refractivity contribution in [3.8, 4) is 5.75 Å². The largest absolute Gasteiger partial charge is 0.497 e. The molecule has 1 aliphatic rings. The van der Waals surface area contributed by atoms with Gasteiger partial charge in [-0.25, -0.2) is 0 Å². The molecule has 0 saturated carbocycles. The highest BCUT2D eigenvalue weighted by atomic mass is 32.2. The second-order valence-corrected chi connectivity index (χ2v) is 6.44. The molecular formula is C18H19NO3S. The van der Waals surface area contributed by atoms with Crippen molar-refractivity contribution in [1.82, 2.24) is 5.32 Å². The van der Waals surface area contributed by atoms with Crippen molar-refractivity contribution in [2.45, 2.75) is 18.0 Å². The first kappa shape index (κ1) is 15.9. The number of methoxy groups -OCH3 is 1. The predicted molar refractivity (Wildman–Crippen MR) is 91.4 cm³/mol. The van der Waals surface area contributed by atoms with Gasteiger partial charge >= 0.3 is 5.97 Å². The summed E-state index contributed by atoms with van der Waals surface area (Å²) in [6.07, 6.45) is 0. The highest BCUT2D eigenvalue weighted by molar-refractivity contribution is 7.99. The normalized spacial score (nSPS) is 20.2. The Balaban J connectivity index is 1.55. The Morgan fingerprint density at radius 3 is 2.83 bits per heavy atom. The van der Waals surface area contributed by atoms with E-state index in [1.807, 2.05) is 54.6 Å². The lowest BCUT2D eigenvalue weighted by molar-refractivity contribution is -0.146. The van der Waals surface area contributed by atoms with Crippen LogP contribution in [-0.4, -0.2) is 24.9 Å². The molecule has 2 atom stereocenters. The minimum Gasteiger partial charge on any atom is -0.497 e. The summed E-state index contributed by atoms with van der Waals surface area (Å²) in [5.41, 5.74) is 2.10. The third-order valence-electron chi connectivity index (χ3n) is 3.69. The van der Waals surface area contributed by atoms with E-state index in [1.165, 1.54) is 0 Å². The first-order valence-corrected chi connectivity index (χ1v) is 8.53. The maximum Gasteiger partial charge on any atom is 0.324 e. The molecular weight excluding hydrogens is 310 g/mol. The van der Waals surface area contributed by atoms with Gasteiger partial charge in [0.15, 0.2) is 0 Å². The van der Waals surface area contributed by atoms with Gasteiger partial charge in [-0.05, 0) is 23.3 Å². The molecule has 0 amide bonds. The van der Waals surface area contributed by atoms with Gasteiger partial charge in [0, 0.05) is 5.75 Å². The van der Waals surface area contributed by atoms with E-state index < -0.39 is 0 Å². The fourth-order valence-electron chi connectivity index (χ4n) is 2.43. The van der Waals surface area contributed by atoms with Crippen LogP contribution < -0.4 is 10.1 Å². The van der Waals surface area contributed by atoms with E-state index in [-0.39, 0.29) is 17.4 Å². The number of rotatable bonds is 5. The van der Waals surface area contributed by atoms with Crippen LogP contribution >= 0.6 is 11.8 Å². The monoisotopic (exact) mass is 329 g/mol. The molecule has 0 aromatic heterocycles. The molecule has 2 aromatic carbocycles. The lowest BCUT2D eigenvalue weighted by atomic mass is 10.2. The number of hydrogen-bond donors (Lipinski definition) is 1. The van der Waals surface area contributed by atoms with Gasteiger partial charge in [-0.2, -0.15) is 0 Å². The van der Waals surface area contributed by atoms with Crippen LogP contribution in [0.3, 0.4) is 0 Å². The zero-order chi connectivity index (χ0) is 16.1. The second kappa shape index (κ2) is 7.53. The number of thioether (sulfide) groups is 1. The van der Waals surface area contributed by atoms with Gasteiger partial charge < -0.3 is 9.47 Å². The molecule has 2 aromatic rings. The van der Waals surface area contributed by atoms with Gasteiger partial charge in [0.05, 0.1) is 12.5 Å². The molecule has 1 aliphatic heterocycles. The summed E-state index contributed by atoms with van der Waals surface area (Å²) in [4.78, 5) is 12.2. The first-order valence-electron chi connectivity index (χ1n) is 7.48. The minimum atomic E-state index is -0.278. The molecule has 4 nitrogen and oxygen atoms in total. The SMILES string of the molecule is COc1cccc(C2N[C@H](C(=O)OCc3ccccc3)CS2)c1. The highest BCUT2D eigenvalue weighted by Gasteiger charge is 2.31. The Kier molecular flexibility index (Phi) is 5.20. The maximum atomic E-state index is 12.2. The van der Waals surface area contributed by atoms with Gasteiger partial charge in [0.2, 0.25) is 0 Å². The Morgan fingerprint density at radius 1 is 1.22 bits per heavy atom. The topological polar surface area (TPSA) is 47.6 Å². The number of carbonyl (C=O) groups is 1. The fraction of sp³-hybridized carbons (Fsp3) is 0.278. The van der Waals surface area contributed by atoms with E-state index >= 15 is 0 Å². The van der Waals surface area contributed by atoms with E-state index in [0.717, 1.165) is 16.9 Å². The van der Waals surface area contributed by atoms with E-state index in [4.69, 9.17) is 9.47 Å². The Labute approximate surface area is 140 Å². The predicted octanol–water partition coefficient (Wildman–Crippen LogP) is 3.14. The number of benzene rings is 2. The molecule has 0 spiro atoms. The third-order valence-corrected chi connectivity index (χ3v) is 4.95. The van der Waals surface area contributed by atoms with Crippen molar-refractivity contribution in [1.29, 1.82) is 0 Å². The molecule has 23 heavy (non-hydrogen) atoms. The standard InChI is InChI=1S/C18H19NO3S/c1-21-15-9-5-8-14(10-15)17-19-16(12-23-17)18(20)22-11-13-6-3-2-4-7-13/h2-10,16-17,19H,11-12H2,1H3/t16-,17?/m0/s1. The van der Waals surface area contributed by atoms with Gasteiger partial charge in [-0.15, -0.1) is 11.8 Å². The Morgan fingerprint density at radius 2 is 2.04 bits per heavy atom. The number of esters is 1. The van der Waals surface area contributed by atoms with E-state index in [9.17, 15) is 4.79 Å². The zero-order valence-corrected chi connectivity index (χ0v) is 13.7. The molecule has 120 valence electrons. The zero-order valence-electron chi connectivity index (χ0n) is 12.9. The smallest absolute Gasteiger partial charge is 0.324 e. The average Bonchev–Trinajstić information content (AvgIpc) is 3.11. The number of ether oxygens (including phenoxy) is 2. The summed E-state index contributed by atoms with van der Waals surface area (Å²) in [6.45, 7) is 0.312. The van der Waals surface area contributed by atoms with Crippen LogP contribution in [0.5, 0.6) is 5.75 Å². The number of carbonyl (C=O) groups excluding carboxylic acids is 1. The number of nitrogens with one attached hydrogen (secondary N) is 1. The average molecular weight is 329 g/mol. The Hall–Kier alpha value is -1.98. The van der Waals surface area contributed by atoms with E-state index in [2.05, 4.69) is 5.32 Å². The lowest BCUT2D eigenvalue weighted by Crippen LogP contribution is -2.35. The summed E-state index contributed by atoms with van der Waals surface area (Å²) in [6, 6.07) is 17.3. The summed E-state index contributed by atoms with van der Waals surface area (Å²) >= 11 is 1.71. The van der Waals surface area contributed by atoms with Crippen LogP contribution in [0.1, 0.15) is 16.5 Å². The fourth-order valence-corrected chi connectivity index (χ4v) is 3.65. The quantitative estimate of drug-likeness (QED) is 0.854. The summed E-state index contributed by atoms with van der Waals surface area (Å²) in [7, 11) is 1.65. The van der Waals surface area contributed by atoms with Crippen molar-refractivity contribution < 1.29 is 14.3 Å². The molecule has 3 rings (SSSR count). The van der Waals surface area contributed by atoms with Gasteiger partial charge in [-0.3, -0.25) is 10.1 Å². The van der Waals surface area contributed by atoms with Crippen molar-refractivity contribution in [3.05, 3.63) is 65.7 Å². The molecule has 1 heterocycles. The number of hydrogen-bond acceptors (Lipinski definition) is 5. The third kappa shape index (κ3) is 4.06. The van der Waals surface area contributed by atoms with Crippen LogP contribution in [0.4, 0.5) is 0 Å². The molecule has 1 fully saturated rings. The van der Waals surface area contributed by atoms with Crippen molar-refractivity contribution in [2.24, 2.45) is 0 Å². The second-order valence-electron chi connectivity index (χ2n) is 5.30. The maximum absolute atomic E-state index is 12.2. The van der Waals surface area contributed by atoms with E-state index in [1.54, 1.807) is 18.9 Å². The molecule has 5 heteroatoms. The summed E-state index contributed by atoms with van der Waals surface area (Å²) < 4.78 is 10.6. The minimum absolute atomic E-state index is 0.0828. The van der Waals surface area contributed by atoms with Crippen LogP contribution in [0, 0.1) is 0 Å². The van der Waals surface area contributed by atoms with Crippen LogP contribution in [0.2, 0.25) is 0 Å². The van der Waals surface area contributed by atoms with Crippen molar-refractivity contribution in [3.63, 3.8) is 0 Å². The van der Waals surface area contributed by atoms with Gasteiger partial charge in [-0.1, -0.05) is 42.5 Å². The highest BCUT2D eigenvalue weighted by Crippen LogP contribution is 2.34. The molecule has 1 saturated heterocycles. The molecule has 0 radical (unpaired) electrons. The van der Waals surface area contributed by atoms with Gasteiger partial charge in [0.25, 0.3) is 0 Å². The Bertz CT molecular complexity index is 662. The summed E-state index contributed by atoms with van der Waals surface area (Å²) in [5.74, 6) is 1.32. The summed E-state index contributed by atoms with van der Waals surface area (Å²) in [5, 5.41) is 3.41. The van der Waals surface area contributed by atoms with Crippen molar-refractivity contribution >= 4 is 17.7 Å². The van der Waals surface area contributed by atoms with Crippen molar-refractivity contribution in [2.75, 3.05) is 12.9 Å². The molecule has 1 N–H and O–H groups in total. The van der Waals surface area contributed by atoms with Gasteiger partial charge in [0.1, 0.15) is 18.4 Å². The lowest BCUT2D eigenvalue weighted by Gasteiger charge is -2.14. The van der Waals surface area contributed by atoms with Crippen LogP contribution in [0.25, 0.3) is 0 Å². The van der Waals surface area contributed by atoms with E-state index in [0.29, 0.717) is 12.4 Å².